The Labute approximate surface area is 147 Å². The van der Waals surface area contributed by atoms with Gasteiger partial charge in [-0.3, -0.25) is 4.79 Å². The Kier molecular flexibility index (Phi) is 5.33. The summed E-state index contributed by atoms with van der Waals surface area (Å²) in [5, 5.41) is 0. The van der Waals surface area contributed by atoms with Gasteiger partial charge in [-0.1, -0.05) is 0 Å². The molecule has 2 aromatic rings. The van der Waals surface area contributed by atoms with Crippen molar-refractivity contribution in [2.75, 3.05) is 38.2 Å². The number of amides is 1. The minimum atomic E-state index is -0.534. The van der Waals surface area contributed by atoms with E-state index in [-0.39, 0.29) is 5.91 Å². The molecule has 0 saturated carbocycles. The normalized spacial score (nSPS) is 15.6. The van der Waals surface area contributed by atoms with E-state index < -0.39 is 6.10 Å². The molecule has 132 valence electrons. The van der Waals surface area contributed by atoms with Crippen LogP contribution in [0, 0.1) is 0 Å². The first-order valence-corrected chi connectivity index (χ1v) is 8.29. The van der Waals surface area contributed by atoms with E-state index in [2.05, 4.69) is 14.9 Å². The van der Waals surface area contributed by atoms with Crippen LogP contribution in [0.5, 0.6) is 11.5 Å². The van der Waals surface area contributed by atoms with Crippen molar-refractivity contribution in [3.05, 3.63) is 42.7 Å². The fraction of sp³-hybridized carbons (Fsp3) is 0.389. The van der Waals surface area contributed by atoms with Crippen LogP contribution < -0.4 is 14.4 Å². The summed E-state index contributed by atoms with van der Waals surface area (Å²) < 4.78 is 10.9. The predicted octanol–water partition coefficient (Wildman–Crippen LogP) is 1.60. The highest BCUT2D eigenvalue weighted by molar-refractivity contribution is 5.81. The van der Waals surface area contributed by atoms with E-state index in [1.807, 2.05) is 17.0 Å². The molecule has 1 fully saturated rings. The maximum atomic E-state index is 12.6. The lowest BCUT2D eigenvalue weighted by Gasteiger charge is -2.35. The average molecular weight is 342 g/mol. The highest BCUT2D eigenvalue weighted by atomic mass is 16.5. The third-order valence-corrected chi connectivity index (χ3v) is 4.15. The number of anilines is 1. The number of hydrogen-bond donors (Lipinski definition) is 0. The summed E-state index contributed by atoms with van der Waals surface area (Å²) in [5.41, 5.74) is 0. The Morgan fingerprint density at radius 3 is 2.24 bits per heavy atom. The number of piperazine rings is 1. The Morgan fingerprint density at radius 1 is 1.04 bits per heavy atom. The first-order chi connectivity index (χ1) is 12.2. The molecule has 1 aromatic carbocycles. The van der Waals surface area contributed by atoms with E-state index >= 15 is 0 Å². The van der Waals surface area contributed by atoms with Gasteiger partial charge in [-0.25, -0.2) is 9.97 Å². The smallest absolute Gasteiger partial charge is 0.263 e. The predicted molar refractivity (Wildman–Crippen MR) is 93.9 cm³/mol. The van der Waals surface area contributed by atoms with Crippen molar-refractivity contribution < 1.29 is 14.3 Å². The molecule has 1 aromatic heterocycles. The molecule has 0 bridgehead atoms. The van der Waals surface area contributed by atoms with Crippen LogP contribution >= 0.6 is 0 Å². The van der Waals surface area contributed by atoms with Crippen molar-refractivity contribution in [2.45, 2.75) is 13.0 Å². The van der Waals surface area contributed by atoms with Crippen LogP contribution in [-0.2, 0) is 4.79 Å². The maximum absolute atomic E-state index is 12.6. The highest BCUT2D eigenvalue weighted by Gasteiger charge is 2.26. The van der Waals surface area contributed by atoms with Gasteiger partial charge in [-0.15, -0.1) is 0 Å². The van der Waals surface area contributed by atoms with Gasteiger partial charge in [0.15, 0.2) is 6.10 Å². The van der Waals surface area contributed by atoms with Gasteiger partial charge in [0.2, 0.25) is 5.95 Å². The summed E-state index contributed by atoms with van der Waals surface area (Å²) >= 11 is 0. The van der Waals surface area contributed by atoms with Gasteiger partial charge in [-0.05, 0) is 37.3 Å². The Morgan fingerprint density at radius 2 is 1.64 bits per heavy atom. The summed E-state index contributed by atoms with van der Waals surface area (Å²) in [6, 6.07) is 9.01. The van der Waals surface area contributed by atoms with Crippen LogP contribution in [0.3, 0.4) is 0 Å². The average Bonchev–Trinajstić information content (AvgIpc) is 2.69. The van der Waals surface area contributed by atoms with Gasteiger partial charge in [0.05, 0.1) is 7.11 Å². The molecule has 0 N–H and O–H groups in total. The third kappa shape index (κ3) is 4.17. The van der Waals surface area contributed by atoms with E-state index in [0.717, 1.165) is 5.75 Å². The Balaban J connectivity index is 1.52. The van der Waals surface area contributed by atoms with E-state index in [1.54, 1.807) is 44.6 Å². The summed E-state index contributed by atoms with van der Waals surface area (Å²) in [7, 11) is 1.61. The van der Waals surface area contributed by atoms with Gasteiger partial charge < -0.3 is 19.3 Å². The van der Waals surface area contributed by atoms with Gasteiger partial charge in [-0.2, -0.15) is 0 Å². The second-order valence-corrected chi connectivity index (χ2v) is 5.80. The molecule has 7 nitrogen and oxygen atoms in total. The van der Waals surface area contributed by atoms with Crippen molar-refractivity contribution >= 4 is 11.9 Å². The van der Waals surface area contributed by atoms with E-state index in [4.69, 9.17) is 9.47 Å². The lowest BCUT2D eigenvalue weighted by molar-refractivity contribution is -0.138. The molecule has 0 spiro atoms. The van der Waals surface area contributed by atoms with Crippen LogP contribution in [0.15, 0.2) is 42.7 Å². The first kappa shape index (κ1) is 17.0. The number of ether oxygens (including phenoxy) is 2. The van der Waals surface area contributed by atoms with Gasteiger partial charge in [0, 0.05) is 38.6 Å². The summed E-state index contributed by atoms with van der Waals surface area (Å²) in [5.74, 6) is 2.10. The van der Waals surface area contributed by atoms with Crippen molar-refractivity contribution in [2.24, 2.45) is 0 Å². The zero-order valence-corrected chi connectivity index (χ0v) is 14.5. The zero-order chi connectivity index (χ0) is 17.6. The highest BCUT2D eigenvalue weighted by Crippen LogP contribution is 2.19. The molecule has 3 rings (SSSR count). The number of methoxy groups -OCH3 is 1. The molecule has 7 heteroatoms. The minimum Gasteiger partial charge on any atom is -0.497 e. The fourth-order valence-electron chi connectivity index (χ4n) is 2.75. The van der Waals surface area contributed by atoms with Crippen molar-refractivity contribution in [3.63, 3.8) is 0 Å². The van der Waals surface area contributed by atoms with E-state index in [9.17, 15) is 4.79 Å². The van der Waals surface area contributed by atoms with Crippen molar-refractivity contribution in [1.29, 1.82) is 0 Å². The van der Waals surface area contributed by atoms with Crippen molar-refractivity contribution in [3.8, 4) is 11.5 Å². The molecule has 1 aliphatic rings. The van der Waals surface area contributed by atoms with E-state index in [1.165, 1.54) is 0 Å². The number of benzene rings is 1. The summed E-state index contributed by atoms with van der Waals surface area (Å²) in [6.07, 6.45) is 2.92. The standard InChI is InChI=1S/C18H22N4O3/c1-14(25-16-6-4-15(24-2)5-7-16)17(23)21-10-12-22(13-11-21)18-19-8-3-9-20-18/h3-9,14H,10-13H2,1-2H3/t14-/m1/s1. The molecule has 1 atom stereocenters. The molecular formula is C18H22N4O3. The van der Waals surface area contributed by atoms with Crippen LogP contribution in [-0.4, -0.2) is 60.2 Å². The number of rotatable bonds is 5. The molecule has 25 heavy (non-hydrogen) atoms. The van der Waals surface area contributed by atoms with Crippen LogP contribution in [0.4, 0.5) is 5.95 Å². The third-order valence-electron chi connectivity index (χ3n) is 4.15. The van der Waals surface area contributed by atoms with E-state index in [0.29, 0.717) is 37.9 Å². The van der Waals surface area contributed by atoms with Gasteiger partial charge in [0.1, 0.15) is 11.5 Å². The second-order valence-electron chi connectivity index (χ2n) is 5.80. The second kappa shape index (κ2) is 7.83. The Bertz CT molecular complexity index is 685. The maximum Gasteiger partial charge on any atom is 0.263 e. The largest absolute Gasteiger partial charge is 0.497 e. The van der Waals surface area contributed by atoms with Crippen LogP contribution in [0.1, 0.15) is 6.92 Å². The lowest BCUT2D eigenvalue weighted by atomic mass is 10.2. The Hall–Kier alpha value is -2.83. The monoisotopic (exact) mass is 342 g/mol. The molecule has 0 radical (unpaired) electrons. The molecule has 1 amide bonds. The number of nitrogens with zero attached hydrogens (tertiary/aromatic N) is 4. The SMILES string of the molecule is COc1ccc(O[C@H](C)C(=O)N2CCN(c3ncccn3)CC2)cc1. The lowest BCUT2D eigenvalue weighted by Crippen LogP contribution is -2.52. The minimum absolute atomic E-state index is 0.00977. The summed E-state index contributed by atoms with van der Waals surface area (Å²) in [4.78, 5) is 25.0. The first-order valence-electron chi connectivity index (χ1n) is 8.29. The zero-order valence-electron chi connectivity index (χ0n) is 14.5. The molecule has 0 unspecified atom stereocenters. The number of aromatic nitrogens is 2. The topological polar surface area (TPSA) is 67.8 Å². The number of carbonyl (C=O) groups is 1. The van der Waals surface area contributed by atoms with Crippen LogP contribution in [0.2, 0.25) is 0 Å². The molecule has 1 aliphatic heterocycles. The van der Waals surface area contributed by atoms with Crippen LogP contribution in [0.25, 0.3) is 0 Å². The quantitative estimate of drug-likeness (QED) is 0.822. The number of carbonyl (C=O) groups excluding carboxylic acids is 1. The van der Waals surface area contributed by atoms with Gasteiger partial charge in [0.25, 0.3) is 5.91 Å². The fourth-order valence-corrected chi connectivity index (χ4v) is 2.75. The van der Waals surface area contributed by atoms with Gasteiger partial charge >= 0.3 is 0 Å². The summed E-state index contributed by atoms with van der Waals surface area (Å²) in [6.45, 7) is 4.47. The molecular weight excluding hydrogens is 320 g/mol. The molecule has 2 heterocycles. The number of hydrogen-bond acceptors (Lipinski definition) is 6. The molecule has 1 saturated heterocycles. The van der Waals surface area contributed by atoms with Crippen molar-refractivity contribution in [1.82, 2.24) is 14.9 Å². The molecule has 0 aliphatic carbocycles.